The summed E-state index contributed by atoms with van der Waals surface area (Å²) in [5, 5.41) is 0. The number of ether oxygens (including phenoxy) is 1. The fraction of sp³-hybridized carbons (Fsp3) is 0.765. The molecule has 1 N–H and O–H groups in total. The Kier molecular flexibility index (Phi) is 4.64. The van der Waals surface area contributed by atoms with Gasteiger partial charge >= 0.3 is 21.5 Å². The lowest BCUT2D eigenvalue weighted by molar-refractivity contribution is -0.199. The Hall–Kier alpha value is -1.58. The van der Waals surface area contributed by atoms with Crippen molar-refractivity contribution in [2.24, 2.45) is 17.3 Å². The molecule has 1 amide bonds. The van der Waals surface area contributed by atoms with Crippen LogP contribution in [0.1, 0.15) is 51.9 Å². The number of alkyl halides is 3. The molecule has 0 aliphatic heterocycles. The molecule has 0 aromatic carbocycles. The fourth-order valence-corrected chi connectivity index (χ4v) is 6.05. The summed E-state index contributed by atoms with van der Waals surface area (Å²) in [6, 6.07) is 0. The Labute approximate surface area is 155 Å². The molecule has 0 spiro atoms. The zero-order chi connectivity index (χ0) is 20.3. The van der Waals surface area contributed by atoms with E-state index in [1.807, 2.05) is 0 Å². The molecule has 10 heteroatoms. The molecule has 4 saturated carbocycles. The highest BCUT2D eigenvalue weighted by Crippen LogP contribution is 2.64. The molecule has 4 fully saturated rings. The highest BCUT2D eigenvalue weighted by atomic mass is 32.2. The van der Waals surface area contributed by atoms with E-state index in [1.54, 1.807) is 0 Å². The first-order valence-corrected chi connectivity index (χ1v) is 10.2. The van der Waals surface area contributed by atoms with E-state index in [9.17, 15) is 31.2 Å². The van der Waals surface area contributed by atoms with Gasteiger partial charge in [0, 0.05) is 12.0 Å². The van der Waals surface area contributed by atoms with Gasteiger partial charge in [-0.2, -0.15) is 21.6 Å². The van der Waals surface area contributed by atoms with Gasteiger partial charge in [0.05, 0.1) is 0 Å². The molecule has 6 nitrogen and oxygen atoms in total. The molecule has 27 heavy (non-hydrogen) atoms. The van der Waals surface area contributed by atoms with Crippen molar-refractivity contribution in [2.75, 3.05) is 0 Å². The van der Waals surface area contributed by atoms with Crippen LogP contribution in [0.4, 0.5) is 13.2 Å². The highest BCUT2D eigenvalue weighted by molar-refractivity contribution is 7.90. The van der Waals surface area contributed by atoms with Gasteiger partial charge < -0.3 is 4.74 Å². The zero-order valence-electron chi connectivity index (χ0n) is 14.9. The molecule has 4 rings (SSSR count). The molecule has 2 atom stereocenters. The first kappa shape index (κ1) is 20.2. The van der Waals surface area contributed by atoms with Crippen LogP contribution in [0.2, 0.25) is 0 Å². The predicted octanol–water partition coefficient (Wildman–Crippen LogP) is 2.80. The number of carbonyl (C=O) groups excluding carboxylic acids is 2. The summed E-state index contributed by atoms with van der Waals surface area (Å²) in [7, 11) is -5.72. The molecule has 0 heterocycles. The first-order valence-electron chi connectivity index (χ1n) is 8.76. The summed E-state index contributed by atoms with van der Waals surface area (Å²) in [5.74, 6) is -1.28. The number of amides is 1. The number of sulfonamides is 1. The van der Waals surface area contributed by atoms with Crippen LogP contribution in [0, 0.1) is 17.3 Å². The van der Waals surface area contributed by atoms with Crippen LogP contribution in [0.25, 0.3) is 0 Å². The lowest BCUT2D eigenvalue weighted by Crippen LogP contribution is -2.58. The van der Waals surface area contributed by atoms with Crippen LogP contribution in [0.15, 0.2) is 12.2 Å². The third kappa shape index (κ3) is 3.86. The molecule has 4 aliphatic carbocycles. The monoisotopic (exact) mass is 409 g/mol. The summed E-state index contributed by atoms with van der Waals surface area (Å²) in [6.45, 7) is 5.11. The van der Waals surface area contributed by atoms with E-state index in [1.165, 1.54) is 6.92 Å². The standard InChI is InChI=1S/C17H22F3NO5S/c1-10(2)14(23)26-16-6-11-3-12(7-16)5-15(4-11,9-16)8-13(22)21-27(24,25)17(18,19)20/h11-12H,1,3-9H2,2H3,(H,21,22). The molecule has 2 unspecified atom stereocenters. The minimum Gasteiger partial charge on any atom is -0.456 e. The number of carbonyl (C=O) groups is 2. The molecule has 4 bridgehead atoms. The average molecular weight is 409 g/mol. The Morgan fingerprint density at radius 1 is 1.19 bits per heavy atom. The van der Waals surface area contributed by atoms with E-state index in [2.05, 4.69) is 6.58 Å². The predicted molar refractivity (Wildman–Crippen MR) is 88.5 cm³/mol. The van der Waals surface area contributed by atoms with Crippen molar-refractivity contribution in [3.63, 3.8) is 0 Å². The van der Waals surface area contributed by atoms with Crippen molar-refractivity contribution in [3.05, 3.63) is 12.2 Å². The number of hydrogen-bond acceptors (Lipinski definition) is 5. The summed E-state index contributed by atoms with van der Waals surface area (Å²) < 4.78 is 66.7. The van der Waals surface area contributed by atoms with E-state index >= 15 is 0 Å². The average Bonchev–Trinajstić information content (AvgIpc) is 2.41. The number of hydrogen-bond donors (Lipinski definition) is 1. The normalized spacial score (nSPS) is 35.0. The van der Waals surface area contributed by atoms with E-state index < -0.39 is 38.4 Å². The largest absolute Gasteiger partial charge is 0.516 e. The number of halogens is 3. The molecule has 0 aromatic rings. The lowest BCUT2D eigenvalue weighted by Gasteiger charge is -2.61. The van der Waals surface area contributed by atoms with Crippen LogP contribution >= 0.6 is 0 Å². The topological polar surface area (TPSA) is 89.5 Å². The summed E-state index contributed by atoms with van der Waals surface area (Å²) in [4.78, 5) is 24.2. The molecular formula is C17H22F3NO5S. The van der Waals surface area contributed by atoms with Crippen LogP contribution in [0.5, 0.6) is 0 Å². The van der Waals surface area contributed by atoms with Crippen LogP contribution in [0.3, 0.4) is 0 Å². The van der Waals surface area contributed by atoms with E-state index in [0.717, 1.165) is 11.1 Å². The van der Waals surface area contributed by atoms with Crippen LogP contribution in [-0.4, -0.2) is 31.4 Å². The summed E-state index contributed by atoms with van der Waals surface area (Å²) in [5.41, 5.74) is -6.68. The second kappa shape index (κ2) is 6.22. The molecule has 0 aromatic heterocycles. The quantitative estimate of drug-likeness (QED) is 0.557. The maximum Gasteiger partial charge on any atom is 0.516 e. The summed E-state index contributed by atoms with van der Waals surface area (Å²) in [6.07, 6.45) is 3.51. The smallest absolute Gasteiger partial charge is 0.456 e. The van der Waals surface area contributed by atoms with Crippen molar-refractivity contribution in [3.8, 4) is 0 Å². The van der Waals surface area contributed by atoms with Gasteiger partial charge in [0.15, 0.2) is 0 Å². The Balaban J connectivity index is 1.77. The summed E-state index contributed by atoms with van der Waals surface area (Å²) >= 11 is 0. The van der Waals surface area contributed by atoms with Crippen molar-refractivity contribution >= 4 is 21.9 Å². The van der Waals surface area contributed by atoms with Gasteiger partial charge in [-0.15, -0.1) is 0 Å². The van der Waals surface area contributed by atoms with E-state index in [0.29, 0.717) is 32.1 Å². The molecule has 4 aliphatic rings. The second-order valence-electron chi connectivity index (χ2n) is 8.47. The van der Waals surface area contributed by atoms with Gasteiger partial charge in [-0.25, -0.2) is 9.52 Å². The van der Waals surface area contributed by atoms with Gasteiger partial charge in [0.2, 0.25) is 5.91 Å². The number of rotatable bonds is 5. The Morgan fingerprint density at radius 3 is 2.22 bits per heavy atom. The lowest BCUT2D eigenvalue weighted by atomic mass is 9.47. The van der Waals surface area contributed by atoms with Gasteiger partial charge in [-0.1, -0.05) is 6.58 Å². The van der Waals surface area contributed by atoms with Gasteiger partial charge in [0.25, 0.3) is 0 Å². The number of nitrogens with one attached hydrogen (secondary N) is 1. The molecule has 0 radical (unpaired) electrons. The van der Waals surface area contributed by atoms with Crippen molar-refractivity contribution in [2.45, 2.75) is 63.0 Å². The van der Waals surface area contributed by atoms with Crippen molar-refractivity contribution < 1.29 is 35.9 Å². The highest BCUT2D eigenvalue weighted by Gasteiger charge is 2.60. The third-order valence-electron chi connectivity index (χ3n) is 5.87. The van der Waals surface area contributed by atoms with Crippen molar-refractivity contribution in [1.82, 2.24) is 4.72 Å². The van der Waals surface area contributed by atoms with Gasteiger partial charge in [0.1, 0.15) is 5.60 Å². The van der Waals surface area contributed by atoms with Crippen LogP contribution in [-0.2, 0) is 24.3 Å². The van der Waals surface area contributed by atoms with Crippen molar-refractivity contribution in [1.29, 1.82) is 0 Å². The minimum absolute atomic E-state index is 0.205. The third-order valence-corrected chi connectivity index (χ3v) is 6.98. The van der Waals surface area contributed by atoms with Gasteiger partial charge in [-0.3, -0.25) is 4.79 Å². The zero-order valence-corrected chi connectivity index (χ0v) is 15.7. The SMILES string of the molecule is C=C(C)C(=O)OC12CC3CC(CC(CC(=O)NS(=O)(=O)C(F)(F)F)(C3)C1)C2. The maximum atomic E-state index is 12.5. The fourth-order valence-electron chi connectivity index (χ4n) is 5.56. The van der Waals surface area contributed by atoms with E-state index in [-0.39, 0.29) is 23.8 Å². The molecule has 152 valence electrons. The van der Waals surface area contributed by atoms with E-state index in [4.69, 9.17) is 4.74 Å². The number of esters is 1. The maximum absolute atomic E-state index is 12.5. The Morgan fingerprint density at radius 2 is 1.74 bits per heavy atom. The minimum atomic E-state index is -5.72. The molecule has 0 saturated heterocycles. The first-order chi connectivity index (χ1) is 12.2. The van der Waals surface area contributed by atoms with Gasteiger partial charge in [-0.05, 0) is 62.7 Å². The Bertz CT molecular complexity index is 775. The molecular weight excluding hydrogens is 387 g/mol. The second-order valence-corrected chi connectivity index (χ2v) is 10.1. The van der Waals surface area contributed by atoms with Crippen LogP contribution < -0.4 is 4.72 Å².